The number of aromatic nitrogens is 2. The van der Waals surface area contributed by atoms with Crippen molar-refractivity contribution in [1.29, 1.82) is 0 Å². The monoisotopic (exact) mass is 417 g/mol. The third kappa shape index (κ3) is 4.58. The molecular weight excluding hydrogens is 402 g/mol. The largest absolute Gasteiger partial charge is 0.496 e. The van der Waals surface area contributed by atoms with Gasteiger partial charge in [-0.2, -0.15) is 5.10 Å². The molecule has 0 saturated heterocycles. The van der Waals surface area contributed by atoms with E-state index in [0.717, 1.165) is 20.7 Å². The minimum Gasteiger partial charge on any atom is -0.496 e. The van der Waals surface area contributed by atoms with E-state index in [2.05, 4.69) is 26.3 Å². The highest BCUT2D eigenvalue weighted by Crippen LogP contribution is 2.22. The number of methoxy groups -OCH3 is 1. The van der Waals surface area contributed by atoms with Gasteiger partial charge in [-0.3, -0.25) is 4.79 Å². The standard InChI is InChI=1S/C18H16BrN3O2S/c1-24-16-5-3-2-4-13(16)6-7-18(23)21-17-8-9-20-22(17)11-15-10-14(19)12-25-15/h2-10,12H,11H2,1H3,(H,21,23)/b7-6+. The number of anilines is 1. The second-order valence-corrected chi connectivity index (χ2v) is 7.08. The van der Waals surface area contributed by atoms with Crippen LogP contribution >= 0.6 is 27.3 Å². The summed E-state index contributed by atoms with van der Waals surface area (Å²) < 4.78 is 8.07. The molecule has 0 aliphatic carbocycles. The quantitative estimate of drug-likeness (QED) is 0.604. The Morgan fingerprint density at radius 2 is 2.24 bits per heavy atom. The summed E-state index contributed by atoms with van der Waals surface area (Å²) in [6, 6.07) is 11.3. The predicted molar refractivity (Wildman–Crippen MR) is 104 cm³/mol. The van der Waals surface area contributed by atoms with Crippen molar-refractivity contribution in [2.24, 2.45) is 0 Å². The third-order valence-corrected chi connectivity index (χ3v) is 5.13. The molecule has 0 atom stereocenters. The van der Waals surface area contributed by atoms with Gasteiger partial charge in [0.15, 0.2) is 0 Å². The molecule has 1 aromatic carbocycles. The summed E-state index contributed by atoms with van der Waals surface area (Å²) in [6.07, 6.45) is 4.88. The van der Waals surface area contributed by atoms with Crippen LogP contribution in [0.15, 0.2) is 58.5 Å². The van der Waals surface area contributed by atoms with Crippen LogP contribution in [0, 0.1) is 0 Å². The Hall–Kier alpha value is -2.38. The minimum absolute atomic E-state index is 0.222. The van der Waals surface area contributed by atoms with Crippen LogP contribution in [0.4, 0.5) is 5.82 Å². The van der Waals surface area contributed by atoms with Crippen LogP contribution in [-0.2, 0) is 11.3 Å². The maximum Gasteiger partial charge on any atom is 0.249 e. The van der Waals surface area contributed by atoms with E-state index in [9.17, 15) is 4.79 Å². The molecule has 0 saturated carbocycles. The van der Waals surface area contributed by atoms with E-state index >= 15 is 0 Å². The van der Waals surface area contributed by atoms with Crippen LogP contribution in [0.5, 0.6) is 5.75 Å². The highest BCUT2D eigenvalue weighted by molar-refractivity contribution is 9.10. The Bertz CT molecular complexity index is 901. The van der Waals surface area contributed by atoms with Crippen LogP contribution in [0.1, 0.15) is 10.4 Å². The Morgan fingerprint density at radius 1 is 1.40 bits per heavy atom. The van der Waals surface area contributed by atoms with Crippen molar-refractivity contribution in [3.05, 3.63) is 69.0 Å². The van der Waals surface area contributed by atoms with Crippen molar-refractivity contribution in [2.75, 3.05) is 12.4 Å². The molecule has 7 heteroatoms. The molecule has 5 nitrogen and oxygen atoms in total. The number of carbonyl (C=O) groups excluding carboxylic acids is 1. The summed E-state index contributed by atoms with van der Waals surface area (Å²) >= 11 is 5.08. The molecule has 0 unspecified atom stereocenters. The highest BCUT2D eigenvalue weighted by atomic mass is 79.9. The van der Waals surface area contributed by atoms with Gasteiger partial charge in [-0.25, -0.2) is 4.68 Å². The lowest BCUT2D eigenvalue weighted by atomic mass is 10.2. The summed E-state index contributed by atoms with van der Waals surface area (Å²) in [5.74, 6) is 1.15. The summed E-state index contributed by atoms with van der Waals surface area (Å²) in [5, 5.41) is 9.14. The number of halogens is 1. The summed E-state index contributed by atoms with van der Waals surface area (Å²) in [7, 11) is 1.61. The number of para-hydroxylation sites is 1. The molecular formula is C18H16BrN3O2S. The molecule has 0 aliphatic heterocycles. The molecule has 0 fully saturated rings. The predicted octanol–water partition coefficient (Wildman–Crippen LogP) is 4.42. The molecule has 1 amide bonds. The first-order chi connectivity index (χ1) is 12.2. The van der Waals surface area contributed by atoms with Gasteiger partial charge in [0, 0.05) is 32.4 Å². The Morgan fingerprint density at radius 3 is 3.00 bits per heavy atom. The molecule has 3 rings (SSSR count). The van der Waals surface area contributed by atoms with E-state index in [1.165, 1.54) is 6.08 Å². The number of hydrogen-bond acceptors (Lipinski definition) is 4. The number of amides is 1. The van der Waals surface area contributed by atoms with Gasteiger partial charge < -0.3 is 10.1 Å². The molecule has 1 N–H and O–H groups in total. The number of carbonyl (C=O) groups is 1. The zero-order valence-corrected chi connectivity index (χ0v) is 15.9. The number of thiophene rings is 1. The molecule has 128 valence electrons. The number of ether oxygens (including phenoxy) is 1. The van der Waals surface area contributed by atoms with Crippen molar-refractivity contribution >= 4 is 45.1 Å². The smallest absolute Gasteiger partial charge is 0.249 e. The van der Waals surface area contributed by atoms with Gasteiger partial charge in [-0.05, 0) is 34.1 Å². The van der Waals surface area contributed by atoms with Gasteiger partial charge in [-0.15, -0.1) is 11.3 Å². The van der Waals surface area contributed by atoms with Gasteiger partial charge in [0.25, 0.3) is 0 Å². The average Bonchev–Trinajstić information content (AvgIpc) is 3.22. The molecule has 0 radical (unpaired) electrons. The normalized spacial score (nSPS) is 11.0. The van der Waals surface area contributed by atoms with Gasteiger partial charge in [0.1, 0.15) is 11.6 Å². The number of nitrogens with one attached hydrogen (secondary N) is 1. The van der Waals surface area contributed by atoms with Crippen molar-refractivity contribution in [1.82, 2.24) is 9.78 Å². The Balaban J connectivity index is 1.67. The van der Waals surface area contributed by atoms with Crippen molar-refractivity contribution in [3.63, 3.8) is 0 Å². The first-order valence-electron chi connectivity index (χ1n) is 7.52. The van der Waals surface area contributed by atoms with E-state index in [4.69, 9.17) is 4.74 Å². The lowest BCUT2D eigenvalue weighted by molar-refractivity contribution is -0.111. The van der Waals surface area contributed by atoms with Crippen LogP contribution in [-0.4, -0.2) is 22.8 Å². The topological polar surface area (TPSA) is 56.1 Å². The second-order valence-electron chi connectivity index (χ2n) is 5.17. The SMILES string of the molecule is COc1ccccc1/C=C/C(=O)Nc1ccnn1Cc1cc(Br)cs1. The zero-order valence-electron chi connectivity index (χ0n) is 13.5. The lowest BCUT2D eigenvalue weighted by Gasteiger charge is -2.07. The lowest BCUT2D eigenvalue weighted by Crippen LogP contribution is -2.13. The minimum atomic E-state index is -0.222. The fourth-order valence-corrected chi connectivity index (χ4v) is 3.72. The van der Waals surface area contributed by atoms with Gasteiger partial charge in [0.05, 0.1) is 19.9 Å². The number of benzene rings is 1. The van der Waals surface area contributed by atoms with Crippen LogP contribution in [0.25, 0.3) is 6.08 Å². The van der Waals surface area contributed by atoms with Gasteiger partial charge in [0.2, 0.25) is 5.91 Å². The number of nitrogens with zero attached hydrogens (tertiary/aromatic N) is 2. The van der Waals surface area contributed by atoms with E-state index in [0.29, 0.717) is 12.4 Å². The molecule has 25 heavy (non-hydrogen) atoms. The van der Waals surface area contributed by atoms with E-state index in [-0.39, 0.29) is 5.91 Å². The maximum absolute atomic E-state index is 12.2. The Labute approximate surface area is 158 Å². The van der Waals surface area contributed by atoms with Gasteiger partial charge in [-0.1, -0.05) is 18.2 Å². The average molecular weight is 418 g/mol. The van der Waals surface area contributed by atoms with Crippen molar-refractivity contribution in [3.8, 4) is 5.75 Å². The summed E-state index contributed by atoms with van der Waals surface area (Å²) in [6.45, 7) is 0.606. The molecule has 0 aliphatic rings. The molecule has 0 bridgehead atoms. The van der Waals surface area contributed by atoms with E-state index in [1.54, 1.807) is 41.5 Å². The summed E-state index contributed by atoms with van der Waals surface area (Å²) in [4.78, 5) is 13.4. The molecule has 2 aromatic heterocycles. The fraction of sp³-hybridized carbons (Fsp3) is 0.111. The van der Waals surface area contributed by atoms with E-state index < -0.39 is 0 Å². The maximum atomic E-state index is 12.2. The third-order valence-electron chi connectivity index (χ3n) is 3.45. The van der Waals surface area contributed by atoms with Crippen LogP contribution < -0.4 is 10.1 Å². The summed E-state index contributed by atoms with van der Waals surface area (Å²) in [5.41, 5.74) is 0.845. The second kappa shape index (κ2) is 8.13. The van der Waals surface area contributed by atoms with E-state index in [1.807, 2.05) is 35.7 Å². The van der Waals surface area contributed by atoms with Crippen LogP contribution in [0.3, 0.4) is 0 Å². The zero-order chi connectivity index (χ0) is 17.6. The van der Waals surface area contributed by atoms with Crippen LogP contribution in [0.2, 0.25) is 0 Å². The number of hydrogen-bond donors (Lipinski definition) is 1. The number of rotatable bonds is 6. The van der Waals surface area contributed by atoms with Gasteiger partial charge >= 0.3 is 0 Å². The first-order valence-corrected chi connectivity index (χ1v) is 9.20. The molecule has 3 aromatic rings. The molecule has 2 heterocycles. The first kappa shape index (κ1) is 17.4. The fourth-order valence-electron chi connectivity index (χ4n) is 2.29. The highest BCUT2D eigenvalue weighted by Gasteiger charge is 2.07. The molecule has 0 spiro atoms. The Kier molecular flexibility index (Phi) is 5.67. The van der Waals surface area contributed by atoms with Crippen molar-refractivity contribution < 1.29 is 9.53 Å². The van der Waals surface area contributed by atoms with Crippen molar-refractivity contribution in [2.45, 2.75) is 6.54 Å².